The molecule has 28 heavy (non-hydrogen) atoms. The fourth-order valence-electron chi connectivity index (χ4n) is 3.10. The largest absolute Gasteiger partial charge is 0.497 e. The molecule has 1 atom stereocenters. The lowest BCUT2D eigenvalue weighted by molar-refractivity contribution is -0.143. The molecule has 0 spiro atoms. The number of ether oxygens (including phenoxy) is 3. The minimum atomic E-state index is -0.339. The Morgan fingerprint density at radius 2 is 2.04 bits per heavy atom. The van der Waals surface area contributed by atoms with Crippen LogP contribution in [0.2, 0.25) is 0 Å². The van der Waals surface area contributed by atoms with E-state index in [-0.39, 0.29) is 18.6 Å². The van der Waals surface area contributed by atoms with E-state index in [2.05, 4.69) is 4.98 Å². The maximum absolute atomic E-state index is 12.3. The van der Waals surface area contributed by atoms with Crippen LogP contribution in [0.4, 0.5) is 5.95 Å². The topological polar surface area (TPSA) is 77.0 Å². The molecule has 1 aromatic carbocycles. The molecular formula is C20H26N4O4. The second kappa shape index (κ2) is 8.99. The highest BCUT2D eigenvalue weighted by Gasteiger charge is 2.29. The number of aromatic nitrogens is 2. The smallest absolute Gasteiger partial charge is 0.248 e. The number of morpholine rings is 1. The highest BCUT2D eigenvalue weighted by molar-refractivity contribution is 5.77. The molecule has 8 nitrogen and oxygen atoms in total. The summed E-state index contributed by atoms with van der Waals surface area (Å²) < 4.78 is 16.2. The number of carbonyl (C=O) groups excluding carboxylic acids is 1. The van der Waals surface area contributed by atoms with Crippen molar-refractivity contribution in [2.75, 3.05) is 59.5 Å². The van der Waals surface area contributed by atoms with Crippen LogP contribution in [0, 0.1) is 0 Å². The summed E-state index contributed by atoms with van der Waals surface area (Å²) in [6.07, 6.45) is 1.46. The molecule has 1 aliphatic rings. The molecule has 0 unspecified atom stereocenters. The highest BCUT2D eigenvalue weighted by Crippen LogP contribution is 2.32. The molecule has 0 bridgehead atoms. The quantitative estimate of drug-likeness (QED) is 0.749. The van der Waals surface area contributed by atoms with Gasteiger partial charge in [-0.2, -0.15) is 0 Å². The molecule has 150 valence electrons. The van der Waals surface area contributed by atoms with Crippen molar-refractivity contribution in [2.24, 2.45) is 0 Å². The summed E-state index contributed by atoms with van der Waals surface area (Å²) in [6.45, 7) is 1.48. The van der Waals surface area contributed by atoms with E-state index in [1.54, 1.807) is 18.2 Å². The van der Waals surface area contributed by atoms with Crippen molar-refractivity contribution in [3.63, 3.8) is 0 Å². The molecule has 1 aromatic heterocycles. The van der Waals surface area contributed by atoms with Gasteiger partial charge >= 0.3 is 0 Å². The van der Waals surface area contributed by atoms with E-state index in [9.17, 15) is 4.79 Å². The lowest BCUT2D eigenvalue weighted by atomic mass is 10.0. The number of hydrogen-bond donors (Lipinski definition) is 0. The minimum Gasteiger partial charge on any atom is -0.497 e. The summed E-state index contributed by atoms with van der Waals surface area (Å²) in [5.41, 5.74) is 2.60. The molecule has 3 rings (SSSR count). The summed E-state index contributed by atoms with van der Waals surface area (Å²) in [4.78, 5) is 25.1. The van der Waals surface area contributed by atoms with Crippen molar-refractivity contribution in [3.05, 3.63) is 36.2 Å². The van der Waals surface area contributed by atoms with E-state index in [4.69, 9.17) is 19.2 Å². The highest BCUT2D eigenvalue weighted by atomic mass is 16.5. The number of anilines is 1. The second-order valence-electron chi connectivity index (χ2n) is 6.72. The summed E-state index contributed by atoms with van der Waals surface area (Å²) in [5.74, 6) is 1.32. The fourth-order valence-corrected chi connectivity index (χ4v) is 3.10. The van der Waals surface area contributed by atoms with Crippen LogP contribution >= 0.6 is 0 Å². The Kier molecular flexibility index (Phi) is 6.43. The van der Waals surface area contributed by atoms with Crippen LogP contribution in [0.3, 0.4) is 0 Å². The maximum atomic E-state index is 12.3. The molecule has 1 aliphatic heterocycles. The second-order valence-corrected chi connectivity index (χ2v) is 6.72. The van der Waals surface area contributed by atoms with Crippen molar-refractivity contribution in [1.29, 1.82) is 0 Å². The Balaban J connectivity index is 1.96. The molecule has 8 heteroatoms. The third-order valence-corrected chi connectivity index (χ3v) is 4.60. The maximum Gasteiger partial charge on any atom is 0.248 e. The van der Waals surface area contributed by atoms with Crippen LogP contribution in [0.5, 0.6) is 5.75 Å². The van der Waals surface area contributed by atoms with Gasteiger partial charge in [-0.1, -0.05) is 12.1 Å². The standard InChI is InChI=1S/C20H26N4O4/c1-23(2)20-21-11-16(14-5-7-15(27-4)8-6-14)19(22-20)17-12-24(9-10-28-17)18(25)13-26-3/h5-8,11,17H,9-10,12-13H2,1-4H3/t17-/m0/s1. The Morgan fingerprint density at radius 1 is 1.29 bits per heavy atom. The van der Waals surface area contributed by atoms with E-state index in [0.29, 0.717) is 25.6 Å². The van der Waals surface area contributed by atoms with Crippen LogP contribution in [0.1, 0.15) is 11.8 Å². The van der Waals surface area contributed by atoms with Crippen LogP contribution in [-0.2, 0) is 14.3 Å². The lowest BCUT2D eigenvalue weighted by Gasteiger charge is -2.33. The first-order chi connectivity index (χ1) is 13.5. The van der Waals surface area contributed by atoms with Gasteiger partial charge in [0.1, 0.15) is 18.5 Å². The SMILES string of the molecule is COCC(=O)N1CCO[C@H](c2nc(N(C)C)ncc2-c2ccc(OC)cc2)C1. The molecular weight excluding hydrogens is 360 g/mol. The monoisotopic (exact) mass is 386 g/mol. The van der Waals surface area contributed by atoms with E-state index in [0.717, 1.165) is 22.6 Å². The number of rotatable bonds is 6. The zero-order chi connectivity index (χ0) is 20.1. The summed E-state index contributed by atoms with van der Waals surface area (Å²) in [5, 5.41) is 0. The number of hydrogen-bond acceptors (Lipinski definition) is 7. The van der Waals surface area contributed by atoms with Gasteiger partial charge in [-0.05, 0) is 17.7 Å². The van der Waals surface area contributed by atoms with Gasteiger partial charge in [0.15, 0.2) is 0 Å². The Hall–Kier alpha value is -2.71. The lowest BCUT2D eigenvalue weighted by Crippen LogP contribution is -2.44. The van der Waals surface area contributed by atoms with Gasteiger partial charge in [-0.15, -0.1) is 0 Å². The van der Waals surface area contributed by atoms with Crippen molar-refractivity contribution in [1.82, 2.24) is 14.9 Å². The van der Waals surface area contributed by atoms with Gasteiger partial charge < -0.3 is 24.0 Å². The number of benzene rings is 1. The molecule has 1 amide bonds. The van der Waals surface area contributed by atoms with Gasteiger partial charge in [-0.3, -0.25) is 4.79 Å². The molecule has 1 fully saturated rings. The van der Waals surface area contributed by atoms with Gasteiger partial charge in [-0.25, -0.2) is 9.97 Å². The van der Waals surface area contributed by atoms with Crippen LogP contribution < -0.4 is 9.64 Å². The predicted octanol–water partition coefficient (Wildman–Crippen LogP) is 1.76. The molecule has 0 N–H and O–H groups in total. The predicted molar refractivity (Wildman–Crippen MR) is 105 cm³/mol. The Morgan fingerprint density at radius 3 is 2.68 bits per heavy atom. The zero-order valence-electron chi connectivity index (χ0n) is 16.7. The Labute approximate surface area is 165 Å². The van der Waals surface area contributed by atoms with Gasteiger partial charge in [0.2, 0.25) is 11.9 Å². The first-order valence-corrected chi connectivity index (χ1v) is 9.10. The molecule has 0 radical (unpaired) electrons. The van der Waals surface area contributed by atoms with Crippen LogP contribution in [0.25, 0.3) is 11.1 Å². The number of carbonyl (C=O) groups is 1. The van der Waals surface area contributed by atoms with E-state index in [1.165, 1.54) is 7.11 Å². The average Bonchev–Trinajstić information content (AvgIpc) is 2.73. The van der Waals surface area contributed by atoms with Crippen molar-refractivity contribution in [3.8, 4) is 16.9 Å². The first-order valence-electron chi connectivity index (χ1n) is 9.10. The van der Waals surface area contributed by atoms with Crippen LogP contribution in [0.15, 0.2) is 30.5 Å². The van der Waals surface area contributed by atoms with Crippen molar-refractivity contribution < 1.29 is 19.0 Å². The zero-order valence-corrected chi connectivity index (χ0v) is 16.7. The third-order valence-electron chi connectivity index (χ3n) is 4.60. The molecule has 0 aliphatic carbocycles. The fraction of sp³-hybridized carbons (Fsp3) is 0.450. The average molecular weight is 386 g/mol. The van der Waals surface area contributed by atoms with E-state index in [1.807, 2.05) is 43.3 Å². The van der Waals surface area contributed by atoms with Gasteiger partial charge in [0.25, 0.3) is 0 Å². The number of methoxy groups -OCH3 is 2. The first kappa shape index (κ1) is 20.0. The summed E-state index contributed by atoms with van der Waals surface area (Å²) in [7, 11) is 6.94. The molecule has 2 aromatic rings. The molecule has 1 saturated heterocycles. The van der Waals surface area contributed by atoms with Crippen LogP contribution in [-0.4, -0.2) is 75.4 Å². The third kappa shape index (κ3) is 4.40. The number of nitrogens with zero attached hydrogens (tertiary/aromatic N) is 4. The molecule has 2 heterocycles. The van der Waals surface area contributed by atoms with Gasteiger partial charge in [0, 0.05) is 39.5 Å². The van der Waals surface area contributed by atoms with Crippen molar-refractivity contribution in [2.45, 2.75) is 6.10 Å². The molecule has 0 saturated carbocycles. The normalized spacial score (nSPS) is 16.7. The van der Waals surface area contributed by atoms with Gasteiger partial charge in [0.05, 0.1) is 26.0 Å². The summed E-state index contributed by atoms with van der Waals surface area (Å²) in [6, 6.07) is 7.73. The van der Waals surface area contributed by atoms with E-state index >= 15 is 0 Å². The summed E-state index contributed by atoms with van der Waals surface area (Å²) >= 11 is 0. The Bertz CT molecular complexity index is 810. The minimum absolute atomic E-state index is 0.0521. The number of amides is 1. The van der Waals surface area contributed by atoms with E-state index < -0.39 is 0 Å². The van der Waals surface area contributed by atoms with Crippen molar-refractivity contribution >= 4 is 11.9 Å².